The van der Waals surface area contributed by atoms with E-state index in [9.17, 15) is 5.21 Å². The molecule has 0 amide bonds. The van der Waals surface area contributed by atoms with E-state index in [1.807, 2.05) is 18.2 Å². The van der Waals surface area contributed by atoms with Crippen LogP contribution in [0.5, 0.6) is 0 Å². The Morgan fingerprint density at radius 3 is 2.22 bits per heavy atom. The summed E-state index contributed by atoms with van der Waals surface area (Å²) < 4.78 is 12.4. The van der Waals surface area contributed by atoms with Gasteiger partial charge in [0, 0.05) is 11.3 Å². The quantitative estimate of drug-likeness (QED) is 0.375. The predicted molar refractivity (Wildman–Crippen MR) is 84.4 cm³/mol. The zero-order chi connectivity index (χ0) is 15.2. The average Bonchev–Trinajstić information content (AvgIpc) is 3.11. The number of alkyl halides is 1. The number of hydrogen-bond acceptors (Lipinski definition) is 4. The van der Waals surface area contributed by atoms with Gasteiger partial charge in [-0.15, -0.1) is 0 Å². The highest BCUT2D eigenvalue weighted by Gasteiger charge is 3.09. The molecule has 8 atom stereocenters. The molecule has 7 aliphatic rings. The van der Waals surface area contributed by atoms with E-state index in [0.29, 0.717) is 48.7 Å². The van der Waals surface area contributed by atoms with Crippen LogP contribution in [0, 0.1) is 40.9 Å². The van der Waals surface area contributed by atoms with Crippen molar-refractivity contribution in [2.45, 2.75) is 10.1 Å². The maximum Gasteiger partial charge on any atom is 0.187 e. The lowest BCUT2D eigenvalue weighted by molar-refractivity contribution is -0.404. The smallest absolute Gasteiger partial charge is 0.187 e. The zero-order valence-electron chi connectivity index (χ0n) is 12.4. The van der Waals surface area contributed by atoms with Crippen LogP contribution in [-0.2, 0) is 9.47 Å². The maximum atomic E-state index is 9.81. The van der Waals surface area contributed by atoms with E-state index in [2.05, 4.69) is 33.2 Å². The summed E-state index contributed by atoms with van der Waals surface area (Å²) in [5, 5.41) is 13.6. The second-order valence-electron chi connectivity index (χ2n) is 8.03. The summed E-state index contributed by atoms with van der Waals surface area (Å²) in [6, 6.07) is 10.2. The normalized spacial score (nSPS) is 58.2. The van der Waals surface area contributed by atoms with E-state index in [-0.39, 0.29) is 9.74 Å². The van der Waals surface area contributed by atoms with E-state index in [0.717, 1.165) is 11.3 Å². The Hall–Kier alpha value is -0.910. The average molecular weight is 374 g/mol. The van der Waals surface area contributed by atoms with Gasteiger partial charge in [-0.05, 0) is 35.2 Å². The molecule has 4 nitrogen and oxygen atoms in total. The van der Waals surface area contributed by atoms with Crippen molar-refractivity contribution in [3.05, 3.63) is 35.9 Å². The van der Waals surface area contributed by atoms with Gasteiger partial charge in [-0.1, -0.05) is 51.4 Å². The van der Waals surface area contributed by atoms with Crippen LogP contribution in [-0.4, -0.2) is 34.2 Å². The van der Waals surface area contributed by atoms with Crippen molar-refractivity contribution in [2.75, 3.05) is 13.2 Å². The molecular weight excluding hydrogens is 358 g/mol. The minimum atomic E-state index is -0.397. The second kappa shape index (κ2) is 3.26. The van der Waals surface area contributed by atoms with Crippen LogP contribution in [0.15, 0.2) is 35.5 Å². The number of benzene rings is 1. The molecule has 4 unspecified atom stereocenters. The number of nitrogens with zero attached hydrogens (tertiary/aromatic N) is 1. The third kappa shape index (κ3) is 0.815. The summed E-state index contributed by atoms with van der Waals surface area (Å²) in [5.74, 6) is 3.07. The molecule has 118 valence electrons. The Bertz CT molecular complexity index is 767. The Balaban J connectivity index is 1.37. The molecule has 1 aromatic carbocycles. The molecule has 1 spiro atoms. The van der Waals surface area contributed by atoms with E-state index in [1.165, 1.54) is 0 Å². The summed E-state index contributed by atoms with van der Waals surface area (Å²) in [4.78, 5) is 0. The molecule has 1 aromatic rings. The topological polar surface area (TPSA) is 51.1 Å². The first kappa shape index (κ1) is 12.5. The molecule has 6 saturated carbocycles. The van der Waals surface area contributed by atoms with Crippen molar-refractivity contribution in [3.63, 3.8) is 0 Å². The lowest BCUT2D eigenvalue weighted by Gasteiger charge is -2.91. The summed E-state index contributed by atoms with van der Waals surface area (Å²) in [7, 11) is 0. The molecule has 0 aromatic heterocycles. The summed E-state index contributed by atoms with van der Waals surface area (Å²) in [6.45, 7) is 1.42. The van der Waals surface area contributed by atoms with Crippen molar-refractivity contribution in [3.8, 4) is 0 Å². The van der Waals surface area contributed by atoms with Crippen LogP contribution in [0.2, 0.25) is 0 Å². The van der Waals surface area contributed by atoms with E-state index in [4.69, 9.17) is 9.47 Å². The van der Waals surface area contributed by atoms with E-state index < -0.39 is 5.79 Å². The fourth-order valence-corrected chi connectivity index (χ4v) is 9.71. The fraction of sp³-hybridized carbons (Fsp3) is 0.611. The molecular formula is C18H16BrNO3. The van der Waals surface area contributed by atoms with E-state index >= 15 is 0 Å². The number of ether oxygens (including phenoxy) is 2. The third-order valence-corrected chi connectivity index (χ3v) is 9.80. The monoisotopic (exact) mass is 373 g/mol. The molecule has 7 fully saturated rings. The van der Waals surface area contributed by atoms with Gasteiger partial charge in [0.15, 0.2) is 5.79 Å². The van der Waals surface area contributed by atoms with Crippen molar-refractivity contribution >= 4 is 21.6 Å². The van der Waals surface area contributed by atoms with Crippen molar-refractivity contribution in [2.24, 2.45) is 46.1 Å². The van der Waals surface area contributed by atoms with Gasteiger partial charge in [0.05, 0.1) is 23.2 Å². The fourth-order valence-electron chi connectivity index (χ4n) is 8.08. The Morgan fingerprint density at radius 1 is 1.00 bits per heavy atom. The molecule has 1 saturated heterocycles. The number of rotatable bonds is 2. The van der Waals surface area contributed by atoms with E-state index in [1.54, 1.807) is 0 Å². The summed E-state index contributed by atoms with van der Waals surface area (Å²) in [5.41, 5.74) is 2.06. The Kier molecular flexibility index (Phi) is 1.77. The highest BCUT2D eigenvalue weighted by Crippen LogP contribution is 3.05. The number of halogens is 1. The van der Waals surface area contributed by atoms with Crippen molar-refractivity contribution in [1.82, 2.24) is 0 Å². The second-order valence-corrected chi connectivity index (χ2v) is 9.35. The Morgan fingerprint density at radius 2 is 1.61 bits per heavy atom. The molecule has 23 heavy (non-hydrogen) atoms. The first-order valence-corrected chi connectivity index (χ1v) is 9.28. The zero-order valence-corrected chi connectivity index (χ0v) is 13.9. The van der Waals surface area contributed by atoms with Gasteiger partial charge in [0.2, 0.25) is 0 Å². The first-order valence-electron chi connectivity index (χ1n) is 8.49. The molecule has 0 radical (unpaired) electrons. The minimum Gasteiger partial charge on any atom is -0.411 e. The lowest BCUT2D eigenvalue weighted by Crippen LogP contribution is -2.94. The lowest BCUT2D eigenvalue weighted by atomic mass is 9.12. The molecule has 6 aliphatic carbocycles. The van der Waals surface area contributed by atoms with Gasteiger partial charge in [0.1, 0.15) is 0 Å². The van der Waals surface area contributed by atoms with Crippen molar-refractivity contribution < 1.29 is 14.7 Å². The molecule has 1 N–H and O–H groups in total. The number of hydrogen-bond donors (Lipinski definition) is 1. The summed E-state index contributed by atoms with van der Waals surface area (Å²) >= 11 is 4.07. The molecule has 8 rings (SSSR count). The van der Waals surface area contributed by atoms with Crippen LogP contribution in [0.1, 0.15) is 5.56 Å². The predicted octanol–water partition coefficient (Wildman–Crippen LogP) is 2.49. The van der Waals surface area contributed by atoms with Gasteiger partial charge >= 0.3 is 0 Å². The molecule has 1 heterocycles. The summed E-state index contributed by atoms with van der Waals surface area (Å²) in [6.07, 6.45) is 0. The van der Waals surface area contributed by atoms with Gasteiger partial charge < -0.3 is 14.7 Å². The number of oxime groups is 1. The molecule has 5 heteroatoms. The van der Waals surface area contributed by atoms with Gasteiger partial charge in [-0.25, -0.2) is 0 Å². The maximum absolute atomic E-state index is 9.81. The standard InChI is InChI=1S/C18H16BrNO3/c19-17-12-9-13(17)11-14(18(17)22-6-7-23-18)10(12)16(9,11)15(20-21)8-4-2-1-3-5-8/h1-5,9-14,21H,6-7H2/b20-15-/t9?,10-,11+,12+,13-,14?,16?,17?. The largest absolute Gasteiger partial charge is 0.411 e. The highest BCUT2D eigenvalue weighted by molar-refractivity contribution is 9.10. The first-order chi connectivity index (χ1) is 11.2. The van der Waals surface area contributed by atoms with Crippen LogP contribution in [0.25, 0.3) is 0 Å². The van der Waals surface area contributed by atoms with Crippen molar-refractivity contribution in [1.29, 1.82) is 0 Å². The van der Waals surface area contributed by atoms with Crippen LogP contribution in [0.3, 0.4) is 0 Å². The van der Waals surface area contributed by atoms with Gasteiger partial charge in [-0.3, -0.25) is 0 Å². The van der Waals surface area contributed by atoms with Gasteiger partial charge in [0.25, 0.3) is 0 Å². The van der Waals surface area contributed by atoms with Crippen LogP contribution < -0.4 is 0 Å². The molecule has 2 bridgehead atoms. The SMILES string of the molecule is O/N=C(/c1ccccc1)C12C3[C@@H]4[C@H]1C1[C@H]2[C@H]3C4(Br)C12OCCO2. The molecule has 1 aliphatic heterocycles. The Labute approximate surface area is 142 Å². The minimum absolute atomic E-state index is 0.0279. The van der Waals surface area contributed by atoms with Crippen LogP contribution in [0.4, 0.5) is 0 Å². The van der Waals surface area contributed by atoms with Gasteiger partial charge in [-0.2, -0.15) is 0 Å². The highest BCUT2D eigenvalue weighted by atomic mass is 79.9. The van der Waals surface area contributed by atoms with Crippen LogP contribution >= 0.6 is 15.9 Å². The third-order valence-electron chi connectivity index (χ3n) is 8.19.